The Kier molecular flexibility index (Phi) is 8.35. The number of aromatic hydroxyl groups is 1. The van der Waals surface area contributed by atoms with Gasteiger partial charge >= 0.3 is 10.2 Å². The van der Waals surface area contributed by atoms with Crippen molar-refractivity contribution in [3.63, 3.8) is 0 Å². The highest BCUT2D eigenvalue weighted by molar-refractivity contribution is 7.92. The second-order valence-corrected chi connectivity index (χ2v) is 11.4. The predicted octanol–water partition coefficient (Wildman–Crippen LogP) is 0.769. The molecule has 35 heavy (non-hydrogen) atoms. The van der Waals surface area contributed by atoms with Crippen LogP contribution in [0.2, 0.25) is 0 Å². The molecule has 11 nitrogen and oxygen atoms in total. The van der Waals surface area contributed by atoms with Gasteiger partial charge in [-0.05, 0) is 42.7 Å². The second kappa shape index (κ2) is 11.1. The van der Waals surface area contributed by atoms with Crippen LogP contribution in [-0.4, -0.2) is 52.9 Å². The van der Waals surface area contributed by atoms with Gasteiger partial charge in [0.05, 0.1) is 10.6 Å². The summed E-state index contributed by atoms with van der Waals surface area (Å²) in [4.78, 5) is 24.4. The molecular weight excluding hydrogens is 496 g/mol. The molecule has 1 saturated heterocycles. The van der Waals surface area contributed by atoms with Gasteiger partial charge in [-0.1, -0.05) is 44.0 Å². The van der Waals surface area contributed by atoms with E-state index in [1.807, 2.05) is 11.6 Å². The smallest absolute Gasteiger partial charge is 0.326 e. The first-order valence-corrected chi connectivity index (χ1v) is 14.0. The number of amides is 2. The Bertz CT molecular complexity index is 1280. The number of phenolic OH excluding ortho intramolecular Hbond substituents is 1. The average molecular weight is 525 g/mol. The van der Waals surface area contributed by atoms with Crippen molar-refractivity contribution < 1.29 is 31.5 Å². The van der Waals surface area contributed by atoms with Gasteiger partial charge in [-0.3, -0.25) is 9.59 Å². The maximum Gasteiger partial charge on any atom is 0.326 e. The highest BCUT2D eigenvalue weighted by Crippen LogP contribution is 2.31. The van der Waals surface area contributed by atoms with Crippen LogP contribution in [0.4, 0.5) is 5.69 Å². The van der Waals surface area contributed by atoms with Crippen LogP contribution < -0.4 is 19.1 Å². The third-order valence-corrected chi connectivity index (χ3v) is 8.19. The number of hydrogen-bond donors (Lipinski definition) is 4. The molecule has 2 aromatic rings. The van der Waals surface area contributed by atoms with Crippen LogP contribution in [0, 0.1) is 0 Å². The van der Waals surface area contributed by atoms with Gasteiger partial charge in [-0.2, -0.15) is 13.1 Å². The Morgan fingerprint density at radius 3 is 2.49 bits per heavy atom. The summed E-state index contributed by atoms with van der Waals surface area (Å²) in [5.41, 5.74) is 0.268. The number of carbonyl (C=O) groups excluding carboxylic acids is 2. The van der Waals surface area contributed by atoms with E-state index in [0.29, 0.717) is 12.1 Å². The van der Waals surface area contributed by atoms with E-state index < -0.39 is 50.4 Å². The molecule has 1 fully saturated rings. The van der Waals surface area contributed by atoms with E-state index in [0.717, 1.165) is 23.6 Å². The Morgan fingerprint density at radius 2 is 1.89 bits per heavy atom. The summed E-state index contributed by atoms with van der Waals surface area (Å²) in [6.07, 6.45) is 2.50. The van der Waals surface area contributed by atoms with Crippen LogP contribution in [0.1, 0.15) is 31.7 Å². The molecule has 4 N–H and O–H groups in total. The Labute approximate surface area is 204 Å². The molecule has 0 bridgehead atoms. The van der Waals surface area contributed by atoms with Gasteiger partial charge in [-0.15, -0.1) is 0 Å². The van der Waals surface area contributed by atoms with Crippen LogP contribution in [0.5, 0.6) is 5.75 Å². The zero-order valence-corrected chi connectivity index (χ0v) is 20.7. The number of phenols is 1. The molecule has 0 aromatic heterocycles. The Morgan fingerprint density at radius 1 is 1.17 bits per heavy atom. The fourth-order valence-electron chi connectivity index (χ4n) is 3.56. The SMILES string of the molecule is CCCCCNC(=O)[C@H](Cc1ccc(N2CC(=O)NS2(=O)=O)c(O)c1)NS(=O)(=O)c1ccccc1. The number of carbonyl (C=O) groups is 2. The lowest BCUT2D eigenvalue weighted by molar-refractivity contribution is -0.122. The molecule has 13 heteroatoms. The average Bonchev–Trinajstić information content (AvgIpc) is 3.08. The molecule has 0 unspecified atom stereocenters. The summed E-state index contributed by atoms with van der Waals surface area (Å²) in [7, 11) is -8.13. The largest absolute Gasteiger partial charge is 0.506 e. The van der Waals surface area contributed by atoms with E-state index >= 15 is 0 Å². The molecular formula is C22H28N4O7S2. The maximum atomic E-state index is 12.9. The van der Waals surface area contributed by atoms with Gasteiger partial charge in [0.1, 0.15) is 18.3 Å². The van der Waals surface area contributed by atoms with Gasteiger partial charge in [0.25, 0.3) is 5.91 Å². The van der Waals surface area contributed by atoms with E-state index in [1.54, 1.807) is 18.2 Å². The van der Waals surface area contributed by atoms with Crippen LogP contribution >= 0.6 is 0 Å². The van der Waals surface area contributed by atoms with Crippen molar-refractivity contribution in [1.82, 2.24) is 14.8 Å². The van der Waals surface area contributed by atoms with Crippen molar-refractivity contribution in [3.8, 4) is 5.75 Å². The maximum absolute atomic E-state index is 12.9. The number of rotatable bonds is 11. The number of anilines is 1. The van der Waals surface area contributed by atoms with Gasteiger partial charge in [0, 0.05) is 6.54 Å². The highest BCUT2D eigenvalue weighted by Gasteiger charge is 2.35. The lowest BCUT2D eigenvalue weighted by Gasteiger charge is -2.20. The summed E-state index contributed by atoms with van der Waals surface area (Å²) in [6.45, 7) is 1.93. The zero-order chi connectivity index (χ0) is 25.6. The molecule has 1 atom stereocenters. The highest BCUT2D eigenvalue weighted by atomic mass is 32.2. The van der Waals surface area contributed by atoms with E-state index in [-0.39, 0.29) is 17.0 Å². The van der Waals surface area contributed by atoms with Crippen molar-refractivity contribution in [2.45, 2.75) is 43.5 Å². The molecule has 1 heterocycles. The molecule has 2 aromatic carbocycles. The first-order chi connectivity index (χ1) is 16.5. The van der Waals surface area contributed by atoms with Crippen molar-refractivity contribution in [2.75, 3.05) is 17.4 Å². The van der Waals surface area contributed by atoms with Crippen molar-refractivity contribution >= 4 is 37.7 Å². The summed E-state index contributed by atoms with van der Waals surface area (Å²) in [5, 5.41) is 13.2. The van der Waals surface area contributed by atoms with Gasteiger partial charge in [0.2, 0.25) is 15.9 Å². The molecule has 1 aliphatic heterocycles. The first-order valence-electron chi connectivity index (χ1n) is 11.0. The van der Waals surface area contributed by atoms with Crippen molar-refractivity contribution in [2.24, 2.45) is 0 Å². The molecule has 0 radical (unpaired) electrons. The van der Waals surface area contributed by atoms with Crippen LogP contribution in [0.3, 0.4) is 0 Å². The number of sulfonamides is 1. The predicted molar refractivity (Wildman–Crippen MR) is 129 cm³/mol. The number of benzene rings is 2. The minimum Gasteiger partial charge on any atom is -0.506 e. The van der Waals surface area contributed by atoms with Gasteiger partial charge < -0.3 is 10.4 Å². The summed E-state index contributed by atoms with van der Waals surface area (Å²) < 4.78 is 54.8. The number of hydrogen-bond acceptors (Lipinski definition) is 7. The zero-order valence-electron chi connectivity index (χ0n) is 19.1. The van der Waals surface area contributed by atoms with Gasteiger partial charge in [-0.25, -0.2) is 17.4 Å². The number of nitrogens with zero attached hydrogens (tertiary/aromatic N) is 1. The lowest BCUT2D eigenvalue weighted by Crippen LogP contribution is -2.48. The van der Waals surface area contributed by atoms with Crippen molar-refractivity contribution in [3.05, 3.63) is 54.1 Å². The normalized spacial score (nSPS) is 16.0. The number of nitrogens with one attached hydrogen (secondary N) is 3. The minimum absolute atomic E-state index is 0.00150. The lowest BCUT2D eigenvalue weighted by atomic mass is 10.0. The van der Waals surface area contributed by atoms with E-state index in [9.17, 15) is 31.5 Å². The van der Waals surface area contributed by atoms with Crippen molar-refractivity contribution in [1.29, 1.82) is 0 Å². The molecule has 0 spiro atoms. The third kappa shape index (κ3) is 6.71. The van der Waals surface area contributed by atoms with Gasteiger partial charge in [0.15, 0.2) is 0 Å². The topological polar surface area (TPSA) is 162 Å². The van der Waals surface area contributed by atoms with Crippen LogP contribution in [-0.2, 0) is 36.2 Å². The van der Waals surface area contributed by atoms with E-state index in [2.05, 4.69) is 10.0 Å². The second-order valence-electron chi connectivity index (χ2n) is 8.05. The molecule has 3 rings (SSSR count). The fourth-order valence-corrected chi connectivity index (χ4v) is 5.94. The molecule has 0 saturated carbocycles. The molecule has 0 aliphatic carbocycles. The third-order valence-electron chi connectivity index (χ3n) is 5.32. The molecule has 190 valence electrons. The standard InChI is InChI=1S/C22H28N4O7S2/c1-2-3-7-12-23-22(29)18(24-34(30,31)17-8-5-4-6-9-17)13-16-10-11-19(20(27)14-16)26-15-21(28)25-35(26,32)33/h4-6,8-11,14,18,24,27H,2-3,7,12-13,15H2,1H3,(H,23,29)(H,25,28)/t18-/m0/s1. The quantitative estimate of drug-likeness (QED) is 0.316. The van der Waals surface area contributed by atoms with E-state index in [4.69, 9.17) is 0 Å². The monoisotopic (exact) mass is 524 g/mol. The number of unbranched alkanes of at least 4 members (excludes halogenated alkanes) is 2. The summed E-state index contributed by atoms with van der Waals surface area (Å²) in [5.74, 6) is -1.69. The molecule has 1 aliphatic rings. The Balaban J connectivity index is 1.83. The van der Waals surface area contributed by atoms with Crippen LogP contribution in [0.25, 0.3) is 0 Å². The van der Waals surface area contributed by atoms with Crippen LogP contribution in [0.15, 0.2) is 53.4 Å². The first kappa shape index (κ1) is 26.4. The molecule has 2 amide bonds. The fraction of sp³-hybridized carbons (Fsp3) is 0.364. The summed E-state index contributed by atoms with van der Waals surface area (Å²) in [6, 6.07) is 10.4. The minimum atomic E-state index is -4.11. The van der Waals surface area contributed by atoms with E-state index in [1.165, 1.54) is 30.3 Å². The summed E-state index contributed by atoms with van der Waals surface area (Å²) >= 11 is 0. The Hall–Kier alpha value is -3.16.